The minimum atomic E-state index is -0.517. The smallest absolute Gasteiger partial charge is 0.274 e. The first-order valence-electron chi connectivity index (χ1n) is 4.79. The fourth-order valence-corrected chi connectivity index (χ4v) is 1.67. The Morgan fingerprint density at radius 1 is 1.53 bits per heavy atom. The second kappa shape index (κ2) is 3.58. The molecule has 80 valence electrons. The lowest BCUT2D eigenvalue weighted by Crippen LogP contribution is -2.14. The van der Waals surface area contributed by atoms with Crippen molar-refractivity contribution in [2.45, 2.75) is 18.9 Å². The minimum absolute atomic E-state index is 0.0872. The normalized spacial score (nSPS) is 17.5. The van der Waals surface area contributed by atoms with Gasteiger partial charge in [-0.3, -0.25) is 10.1 Å². The van der Waals surface area contributed by atoms with Gasteiger partial charge in [0.1, 0.15) is 5.82 Å². The standard InChI is InChI=1S/C10H11FN2O2/c11-7-3-4-9(13(14)15)8(5-7)10(12)6-1-2-6/h3-6,10H,1-2,12H2/t10-/m1/s1. The number of nitro groups is 1. The maximum atomic E-state index is 13.0. The van der Waals surface area contributed by atoms with Crippen LogP contribution in [-0.2, 0) is 0 Å². The lowest BCUT2D eigenvalue weighted by molar-refractivity contribution is -0.385. The molecule has 1 aromatic carbocycles. The predicted molar refractivity (Wildman–Crippen MR) is 52.7 cm³/mol. The monoisotopic (exact) mass is 210 g/mol. The molecule has 2 rings (SSSR count). The number of nitrogens with zero attached hydrogens (tertiary/aromatic N) is 1. The molecule has 1 fully saturated rings. The van der Waals surface area contributed by atoms with Crippen LogP contribution in [0.4, 0.5) is 10.1 Å². The fourth-order valence-electron chi connectivity index (χ4n) is 1.67. The zero-order chi connectivity index (χ0) is 11.0. The van der Waals surface area contributed by atoms with Gasteiger partial charge in [0.2, 0.25) is 0 Å². The number of benzene rings is 1. The number of hydrogen-bond donors (Lipinski definition) is 1. The number of nitro benzene ring substituents is 1. The summed E-state index contributed by atoms with van der Waals surface area (Å²) < 4.78 is 13.0. The van der Waals surface area contributed by atoms with E-state index in [0.29, 0.717) is 5.56 Å². The Labute approximate surface area is 86.0 Å². The van der Waals surface area contributed by atoms with Crippen LogP contribution in [-0.4, -0.2) is 4.92 Å². The molecule has 5 heteroatoms. The Kier molecular flexibility index (Phi) is 2.40. The first kappa shape index (κ1) is 10.0. The highest BCUT2D eigenvalue weighted by Crippen LogP contribution is 2.41. The summed E-state index contributed by atoms with van der Waals surface area (Å²) in [6.07, 6.45) is 1.93. The van der Waals surface area contributed by atoms with Gasteiger partial charge in [-0.2, -0.15) is 0 Å². The third kappa shape index (κ3) is 1.97. The molecule has 15 heavy (non-hydrogen) atoms. The molecule has 0 radical (unpaired) electrons. The van der Waals surface area contributed by atoms with Gasteiger partial charge in [-0.15, -0.1) is 0 Å². The highest BCUT2D eigenvalue weighted by molar-refractivity contribution is 5.43. The van der Waals surface area contributed by atoms with Crippen molar-refractivity contribution in [3.05, 3.63) is 39.7 Å². The SMILES string of the molecule is N[C@@H](c1cc(F)ccc1[N+](=O)[O-])C1CC1. The van der Waals surface area contributed by atoms with Gasteiger partial charge in [-0.25, -0.2) is 4.39 Å². The molecule has 1 aromatic rings. The molecular weight excluding hydrogens is 199 g/mol. The van der Waals surface area contributed by atoms with Gasteiger partial charge in [0.15, 0.2) is 0 Å². The van der Waals surface area contributed by atoms with Crippen LogP contribution >= 0.6 is 0 Å². The van der Waals surface area contributed by atoms with Gasteiger partial charge in [0, 0.05) is 17.7 Å². The van der Waals surface area contributed by atoms with Gasteiger partial charge < -0.3 is 5.73 Å². The highest BCUT2D eigenvalue weighted by atomic mass is 19.1. The fraction of sp³-hybridized carbons (Fsp3) is 0.400. The van der Waals surface area contributed by atoms with E-state index < -0.39 is 16.8 Å². The van der Waals surface area contributed by atoms with Gasteiger partial charge >= 0.3 is 0 Å². The first-order chi connectivity index (χ1) is 7.09. The zero-order valence-electron chi connectivity index (χ0n) is 8.02. The zero-order valence-corrected chi connectivity index (χ0v) is 8.02. The minimum Gasteiger partial charge on any atom is -0.323 e. The van der Waals surface area contributed by atoms with Gasteiger partial charge in [-0.05, 0) is 30.9 Å². The van der Waals surface area contributed by atoms with E-state index in [4.69, 9.17) is 5.73 Å². The Balaban J connectivity index is 2.41. The molecule has 1 aliphatic carbocycles. The topological polar surface area (TPSA) is 69.2 Å². The highest BCUT2D eigenvalue weighted by Gasteiger charge is 2.33. The van der Waals surface area contributed by atoms with Crippen molar-refractivity contribution in [3.8, 4) is 0 Å². The van der Waals surface area contributed by atoms with Crippen LogP contribution in [0.15, 0.2) is 18.2 Å². The number of nitrogens with two attached hydrogens (primary N) is 1. The maximum Gasteiger partial charge on any atom is 0.274 e. The molecular formula is C10H11FN2O2. The Hall–Kier alpha value is -1.49. The van der Waals surface area contributed by atoms with Gasteiger partial charge in [0.25, 0.3) is 5.69 Å². The average molecular weight is 210 g/mol. The van der Waals surface area contributed by atoms with Crippen LogP contribution in [0.1, 0.15) is 24.4 Å². The Bertz CT molecular complexity index is 404. The number of hydrogen-bond acceptors (Lipinski definition) is 3. The molecule has 4 nitrogen and oxygen atoms in total. The van der Waals surface area contributed by atoms with Crippen molar-refractivity contribution in [1.29, 1.82) is 0 Å². The molecule has 0 saturated heterocycles. The summed E-state index contributed by atoms with van der Waals surface area (Å²) in [5, 5.41) is 10.7. The van der Waals surface area contributed by atoms with E-state index in [1.165, 1.54) is 12.1 Å². The molecule has 0 heterocycles. The molecule has 1 saturated carbocycles. The van der Waals surface area contributed by atoms with E-state index in [9.17, 15) is 14.5 Å². The average Bonchev–Trinajstić information content (AvgIpc) is 2.99. The third-order valence-electron chi connectivity index (χ3n) is 2.68. The van der Waals surface area contributed by atoms with E-state index in [-0.39, 0.29) is 11.6 Å². The molecule has 2 N–H and O–H groups in total. The molecule has 0 aromatic heterocycles. The van der Waals surface area contributed by atoms with Crippen LogP contribution < -0.4 is 5.73 Å². The molecule has 0 bridgehead atoms. The summed E-state index contributed by atoms with van der Waals surface area (Å²) in [5.74, 6) is -0.211. The summed E-state index contributed by atoms with van der Waals surface area (Å²) >= 11 is 0. The van der Waals surface area contributed by atoms with Crippen LogP contribution in [0, 0.1) is 21.8 Å². The van der Waals surface area contributed by atoms with Crippen LogP contribution in [0.2, 0.25) is 0 Å². The van der Waals surface area contributed by atoms with E-state index in [1.807, 2.05) is 0 Å². The molecule has 0 amide bonds. The summed E-state index contributed by atoms with van der Waals surface area (Å²) in [5.41, 5.74) is 6.06. The summed E-state index contributed by atoms with van der Waals surface area (Å²) in [4.78, 5) is 10.2. The lowest BCUT2D eigenvalue weighted by Gasteiger charge is -2.10. The second-order valence-electron chi connectivity index (χ2n) is 3.82. The van der Waals surface area contributed by atoms with Gasteiger partial charge in [-0.1, -0.05) is 0 Å². The van der Waals surface area contributed by atoms with Crippen molar-refractivity contribution in [2.75, 3.05) is 0 Å². The largest absolute Gasteiger partial charge is 0.323 e. The third-order valence-corrected chi connectivity index (χ3v) is 2.68. The summed E-state index contributed by atoms with van der Waals surface area (Å²) in [6.45, 7) is 0. The maximum absolute atomic E-state index is 13.0. The van der Waals surface area contributed by atoms with Crippen molar-refractivity contribution in [3.63, 3.8) is 0 Å². The van der Waals surface area contributed by atoms with Crippen molar-refractivity contribution in [2.24, 2.45) is 11.7 Å². The quantitative estimate of drug-likeness (QED) is 0.613. The van der Waals surface area contributed by atoms with Crippen molar-refractivity contribution >= 4 is 5.69 Å². The molecule has 0 unspecified atom stereocenters. The lowest BCUT2D eigenvalue weighted by atomic mass is 10.0. The Morgan fingerprint density at radius 2 is 2.20 bits per heavy atom. The molecule has 1 aliphatic rings. The molecule has 1 atom stereocenters. The molecule has 0 spiro atoms. The first-order valence-corrected chi connectivity index (χ1v) is 4.79. The van der Waals surface area contributed by atoms with Crippen molar-refractivity contribution < 1.29 is 9.31 Å². The van der Waals surface area contributed by atoms with E-state index >= 15 is 0 Å². The molecule has 0 aliphatic heterocycles. The number of halogens is 1. The van der Waals surface area contributed by atoms with E-state index in [1.54, 1.807) is 0 Å². The summed E-state index contributed by atoms with van der Waals surface area (Å²) in [6, 6.07) is 3.01. The van der Waals surface area contributed by atoms with Gasteiger partial charge in [0.05, 0.1) is 4.92 Å². The summed E-state index contributed by atoms with van der Waals surface area (Å²) in [7, 11) is 0. The second-order valence-corrected chi connectivity index (χ2v) is 3.82. The van der Waals surface area contributed by atoms with E-state index in [2.05, 4.69) is 0 Å². The van der Waals surface area contributed by atoms with Crippen molar-refractivity contribution in [1.82, 2.24) is 0 Å². The van der Waals surface area contributed by atoms with E-state index in [0.717, 1.165) is 18.9 Å². The predicted octanol–water partition coefficient (Wildman–Crippen LogP) is 2.14. The van der Waals surface area contributed by atoms with Crippen LogP contribution in [0.25, 0.3) is 0 Å². The Morgan fingerprint density at radius 3 is 2.73 bits per heavy atom. The van der Waals surface area contributed by atoms with Crippen LogP contribution in [0.3, 0.4) is 0 Å². The van der Waals surface area contributed by atoms with Crippen LogP contribution in [0.5, 0.6) is 0 Å². The number of rotatable bonds is 3.